The highest BCUT2D eigenvalue weighted by atomic mass is 32.2. The Kier molecular flexibility index (Phi) is 4.71. The van der Waals surface area contributed by atoms with Crippen LogP contribution in [0.2, 0.25) is 0 Å². The number of hydrogen-bond acceptors (Lipinski definition) is 4. The fourth-order valence-corrected chi connectivity index (χ4v) is 3.16. The van der Waals surface area contributed by atoms with E-state index in [1.807, 2.05) is 61.5 Å². The van der Waals surface area contributed by atoms with E-state index < -0.39 is 28.9 Å². The van der Waals surface area contributed by atoms with Gasteiger partial charge in [0.2, 0.25) is 0 Å². The zero-order valence-corrected chi connectivity index (χ0v) is 14.2. The van der Waals surface area contributed by atoms with Crippen LogP contribution < -0.4 is 0 Å². The van der Waals surface area contributed by atoms with Crippen LogP contribution in [0.25, 0.3) is 0 Å². The predicted molar refractivity (Wildman–Crippen MR) is 88.4 cm³/mol. The van der Waals surface area contributed by atoms with Crippen molar-refractivity contribution in [3.8, 4) is 0 Å². The lowest BCUT2D eigenvalue weighted by atomic mass is 10.0. The van der Waals surface area contributed by atoms with Gasteiger partial charge in [-0.3, -0.25) is 4.55 Å². The Hall–Kier alpha value is -1.77. The van der Waals surface area contributed by atoms with Crippen molar-refractivity contribution in [2.45, 2.75) is 25.5 Å². The average Bonchev–Trinajstić information content (AvgIpc) is 2.99. The largest absolute Gasteiger partial charge is 0.337 e. The van der Waals surface area contributed by atoms with Gasteiger partial charge in [-0.2, -0.15) is 12.7 Å². The molecule has 1 aliphatic heterocycles. The lowest BCUT2D eigenvalue weighted by Crippen LogP contribution is -2.39. The van der Waals surface area contributed by atoms with Crippen molar-refractivity contribution in [3.05, 3.63) is 71.3 Å². The van der Waals surface area contributed by atoms with Crippen LogP contribution in [0.15, 0.2) is 54.6 Å². The zero-order valence-electron chi connectivity index (χ0n) is 13.4. The summed E-state index contributed by atoms with van der Waals surface area (Å²) in [5.74, 6) is 0. The number of hydrogen-bond donors (Lipinski definition) is 1. The Bertz CT molecular complexity index is 809. The van der Waals surface area contributed by atoms with Gasteiger partial charge >= 0.3 is 10.3 Å². The molecular formula is C17H19NO5S. The van der Waals surface area contributed by atoms with Crippen LogP contribution in [0.4, 0.5) is 0 Å². The Morgan fingerprint density at radius 1 is 1.00 bits per heavy atom. The van der Waals surface area contributed by atoms with Crippen molar-refractivity contribution in [2.24, 2.45) is 0 Å². The van der Waals surface area contributed by atoms with Crippen molar-refractivity contribution < 1.29 is 22.4 Å². The molecule has 1 saturated heterocycles. The van der Waals surface area contributed by atoms with E-state index in [1.54, 1.807) is 0 Å². The summed E-state index contributed by atoms with van der Waals surface area (Å²) in [6.45, 7) is 1.92. The van der Waals surface area contributed by atoms with Gasteiger partial charge in [-0.25, -0.2) is 0 Å². The minimum absolute atomic E-state index is 0.650. The summed E-state index contributed by atoms with van der Waals surface area (Å²) in [7, 11) is -3.15. The standard InChI is InChI=1S/C17H19NO5S/c1-12-8-6-7-11-14(12)15-16(18(2)24(19,20)21)23-17(22-15)13-9-4-3-5-10-13/h3-11,15-17H,1-2H3,(H,19,20,21). The predicted octanol–water partition coefficient (Wildman–Crippen LogP) is 2.84. The minimum atomic E-state index is -4.42. The molecule has 0 radical (unpaired) electrons. The highest BCUT2D eigenvalue weighted by Gasteiger charge is 2.44. The molecule has 1 aliphatic rings. The Balaban J connectivity index is 1.99. The highest BCUT2D eigenvalue weighted by molar-refractivity contribution is 7.83. The van der Waals surface area contributed by atoms with Crippen molar-refractivity contribution in [1.82, 2.24) is 4.31 Å². The quantitative estimate of drug-likeness (QED) is 0.859. The molecule has 3 atom stereocenters. The van der Waals surface area contributed by atoms with Gasteiger partial charge < -0.3 is 9.47 Å². The molecule has 1 N–H and O–H groups in total. The average molecular weight is 349 g/mol. The molecule has 3 unspecified atom stereocenters. The first-order valence-electron chi connectivity index (χ1n) is 7.50. The summed E-state index contributed by atoms with van der Waals surface area (Å²) in [5.41, 5.74) is 2.55. The lowest BCUT2D eigenvalue weighted by Gasteiger charge is -2.24. The summed E-state index contributed by atoms with van der Waals surface area (Å²) in [6, 6.07) is 16.8. The first-order valence-corrected chi connectivity index (χ1v) is 8.89. The van der Waals surface area contributed by atoms with E-state index in [-0.39, 0.29) is 0 Å². The van der Waals surface area contributed by atoms with Gasteiger partial charge in [-0.15, -0.1) is 0 Å². The van der Waals surface area contributed by atoms with E-state index in [1.165, 1.54) is 7.05 Å². The molecule has 7 heteroatoms. The van der Waals surface area contributed by atoms with Gasteiger partial charge in [0.1, 0.15) is 6.10 Å². The van der Waals surface area contributed by atoms with Crippen LogP contribution >= 0.6 is 0 Å². The maximum Gasteiger partial charge on any atom is 0.337 e. The summed E-state index contributed by atoms with van der Waals surface area (Å²) < 4.78 is 45.1. The molecule has 24 heavy (non-hydrogen) atoms. The maximum atomic E-state index is 11.6. The van der Waals surface area contributed by atoms with E-state index in [0.29, 0.717) is 0 Å². The second-order valence-corrected chi connectivity index (χ2v) is 7.15. The number of rotatable bonds is 4. The summed E-state index contributed by atoms with van der Waals surface area (Å²) in [5, 5.41) is 0. The number of ether oxygens (including phenoxy) is 2. The molecule has 0 saturated carbocycles. The van der Waals surface area contributed by atoms with Crippen molar-refractivity contribution in [2.75, 3.05) is 7.05 Å². The summed E-state index contributed by atoms with van der Waals surface area (Å²) in [4.78, 5) is 0. The second-order valence-electron chi connectivity index (χ2n) is 5.68. The maximum absolute atomic E-state index is 11.6. The molecule has 0 bridgehead atoms. The van der Waals surface area contributed by atoms with E-state index in [4.69, 9.17) is 9.47 Å². The molecule has 128 valence electrons. The first-order chi connectivity index (χ1) is 11.4. The Morgan fingerprint density at radius 3 is 2.25 bits per heavy atom. The Labute approximate surface area is 141 Å². The first kappa shape index (κ1) is 17.1. The fourth-order valence-electron chi connectivity index (χ4n) is 2.74. The van der Waals surface area contributed by atoms with Crippen LogP contribution in [0.5, 0.6) is 0 Å². The zero-order chi connectivity index (χ0) is 17.3. The van der Waals surface area contributed by atoms with E-state index in [0.717, 1.165) is 21.0 Å². The molecule has 2 aromatic rings. The third kappa shape index (κ3) is 3.35. The number of nitrogens with zero attached hydrogens (tertiary/aromatic N) is 1. The molecule has 3 rings (SSSR count). The smallest absolute Gasteiger partial charge is 0.336 e. The van der Waals surface area contributed by atoms with Crippen LogP contribution in [-0.4, -0.2) is 30.6 Å². The van der Waals surface area contributed by atoms with Crippen molar-refractivity contribution in [1.29, 1.82) is 0 Å². The third-order valence-corrected chi connectivity index (χ3v) is 5.02. The molecule has 0 amide bonds. The second kappa shape index (κ2) is 6.62. The van der Waals surface area contributed by atoms with Gasteiger partial charge in [0.15, 0.2) is 12.5 Å². The molecule has 6 nitrogen and oxygen atoms in total. The number of likely N-dealkylation sites (N-methyl/N-ethyl adjacent to an activating group) is 1. The fraction of sp³-hybridized carbons (Fsp3) is 0.294. The molecule has 0 spiro atoms. The molecule has 1 fully saturated rings. The lowest BCUT2D eigenvalue weighted by molar-refractivity contribution is -0.0809. The van der Waals surface area contributed by atoms with Crippen LogP contribution in [0.1, 0.15) is 29.1 Å². The van der Waals surface area contributed by atoms with Gasteiger partial charge in [0, 0.05) is 12.6 Å². The van der Waals surface area contributed by atoms with Crippen molar-refractivity contribution >= 4 is 10.3 Å². The van der Waals surface area contributed by atoms with Gasteiger partial charge in [-0.1, -0.05) is 54.6 Å². The minimum Gasteiger partial charge on any atom is -0.336 e. The third-order valence-electron chi connectivity index (χ3n) is 4.08. The topological polar surface area (TPSA) is 76.1 Å². The number of aryl methyl sites for hydroxylation is 1. The van der Waals surface area contributed by atoms with Crippen LogP contribution in [0.3, 0.4) is 0 Å². The van der Waals surface area contributed by atoms with Gasteiger partial charge in [0.05, 0.1) is 0 Å². The van der Waals surface area contributed by atoms with Gasteiger partial charge in [0.25, 0.3) is 0 Å². The molecular weight excluding hydrogens is 330 g/mol. The van der Waals surface area contributed by atoms with E-state index in [9.17, 15) is 13.0 Å². The van der Waals surface area contributed by atoms with Crippen LogP contribution in [-0.2, 0) is 19.8 Å². The normalized spacial score (nSPS) is 24.4. The monoisotopic (exact) mass is 349 g/mol. The Morgan fingerprint density at radius 2 is 1.62 bits per heavy atom. The molecule has 1 heterocycles. The molecule has 2 aromatic carbocycles. The van der Waals surface area contributed by atoms with E-state index >= 15 is 0 Å². The summed E-state index contributed by atoms with van der Waals surface area (Å²) in [6.07, 6.45) is -2.33. The van der Waals surface area contributed by atoms with Gasteiger partial charge in [-0.05, 0) is 18.1 Å². The van der Waals surface area contributed by atoms with E-state index in [2.05, 4.69) is 0 Å². The highest BCUT2D eigenvalue weighted by Crippen LogP contribution is 2.42. The summed E-state index contributed by atoms with van der Waals surface area (Å²) >= 11 is 0. The van der Waals surface area contributed by atoms with Crippen molar-refractivity contribution in [3.63, 3.8) is 0 Å². The molecule has 0 aromatic heterocycles. The van der Waals surface area contributed by atoms with Crippen LogP contribution in [0, 0.1) is 6.92 Å². The molecule has 0 aliphatic carbocycles. The SMILES string of the molecule is Cc1ccccc1C1OC(c2ccccc2)OC1N(C)S(=O)(=O)O. The number of benzene rings is 2.